The molecule has 5 saturated carbocycles. The molecule has 1 N–H and O–H groups in total. The Morgan fingerprint density at radius 1 is 0.805 bits per heavy atom. The van der Waals surface area contributed by atoms with E-state index in [-0.39, 0.29) is 45.6 Å². The van der Waals surface area contributed by atoms with Gasteiger partial charge in [0.2, 0.25) is 5.91 Å². The van der Waals surface area contributed by atoms with Gasteiger partial charge >= 0.3 is 11.9 Å². The maximum absolute atomic E-state index is 13.6. The average Bonchev–Trinajstić information content (AvgIpc) is 3.30. The molecule has 1 amide bonds. The normalized spacial score (nSPS) is 48.5. The highest BCUT2D eigenvalue weighted by Gasteiger charge is 2.72. The van der Waals surface area contributed by atoms with Crippen molar-refractivity contribution >= 4 is 17.8 Å². The van der Waals surface area contributed by atoms with Crippen molar-refractivity contribution in [2.24, 2.45) is 56.7 Å². The predicted molar refractivity (Wildman–Crippen MR) is 160 cm³/mol. The standard InChI is InChI=1S/C35H55NO5/c1-21(2)24-12-17-35(30(39)36-9)19-18-33(7)25(29(24)35)10-11-27-31(5)15-14-28(41-23(4)38)32(6,20-40-22(3)37)26(31)13-16-34(27,33)8/h24-29H,1,10-20H2,2-9H3,(H,36,39)/t24-,25?,26+,27+,28-,29+,31-,32-,33+,34+,35-/m0/s1. The molecule has 5 rings (SSSR count). The number of nitrogens with one attached hydrogen (secondary N) is 1. The molecular formula is C35H55NO5. The molecule has 0 aromatic carbocycles. The molecule has 0 bridgehead atoms. The zero-order valence-corrected chi connectivity index (χ0v) is 27.0. The van der Waals surface area contributed by atoms with Crippen LogP contribution in [0.2, 0.25) is 0 Å². The van der Waals surface area contributed by atoms with Crippen LogP contribution >= 0.6 is 0 Å². The molecule has 230 valence electrons. The van der Waals surface area contributed by atoms with E-state index in [1.807, 2.05) is 7.05 Å². The molecule has 0 heterocycles. The van der Waals surface area contributed by atoms with Crippen LogP contribution < -0.4 is 5.32 Å². The first kappa shape index (κ1) is 30.6. The molecule has 0 radical (unpaired) electrons. The summed E-state index contributed by atoms with van der Waals surface area (Å²) in [6.45, 7) is 19.7. The molecule has 6 nitrogen and oxygen atoms in total. The average molecular weight is 570 g/mol. The highest BCUT2D eigenvalue weighted by atomic mass is 16.6. The number of carbonyl (C=O) groups is 3. The van der Waals surface area contributed by atoms with Crippen LogP contribution in [-0.2, 0) is 23.9 Å². The SMILES string of the molecule is C=C(C)[C@@H]1CC[C@]2(C(=O)NC)CC[C@]3(C)C(CC[C@@H]4[C@@]5(C)CC[C@H](OC(C)=O)[C@@](C)(COC(C)=O)[C@@H]5CC[C@]43C)[C@@H]12. The molecular weight excluding hydrogens is 514 g/mol. The van der Waals surface area contributed by atoms with Crippen LogP contribution in [0.25, 0.3) is 0 Å². The Kier molecular flexibility index (Phi) is 7.55. The van der Waals surface area contributed by atoms with E-state index in [1.165, 1.54) is 19.4 Å². The first-order valence-electron chi connectivity index (χ1n) is 16.3. The predicted octanol–water partition coefficient (Wildman–Crippen LogP) is 6.86. The highest BCUT2D eigenvalue weighted by Crippen LogP contribution is 2.77. The van der Waals surface area contributed by atoms with Crippen LogP contribution in [-0.4, -0.2) is 37.6 Å². The zero-order chi connectivity index (χ0) is 30.2. The van der Waals surface area contributed by atoms with Crippen LogP contribution in [0.4, 0.5) is 0 Å². The third kappa shape index (κ3) is 4.18. The van der Waals surface area contributed by atoms with Crippen molar-refractivity contribution in [2.75, 3.05) is 13.7 Å². The summed E-state index contributed by atoms with van der Waals surface area (Å²) in [5.41, 5.74) is 0.916. The van der Waals surface area contributed by atoms with Gasteiger partial charge in [0.25, 0.3) is 0 Å². The van der Waals surface area contributed by atoms with Crippen LogP contribution in [0.1, 0.15) is 113 Å². The number of hydrogen-bond donors (Lipinski definition) is 1. The van der Waals surface area contributed by atoms with Crippen molar-refractivity contribution in [1.29, 1.82) is 0 Å². The number of ether oxygens (including phenoxy) is 2. The van der Waals surface area contributed by atoms with Crippen molar-refractivity contribution in [2.45, 2.75) is 119 Å². The fraction of sp³-hybridized carbons (Fsp3) is 0.857. The lowest BCUT2D eigenvalue weighted by atomic mass is 9.32. The summed E-state index contributed by atoms with van der Waals surface area (Å²) in [4.78, 5) is 37.7. The topological polar surface area (TPSA) is 81.7 Å². The maximum atomic E-state index is 13.6. The minimum absolute atomic E-state index is 0.0608. The summed E-state index contributed by atoms with van der Waals surface area (Å²) < 4.78 is 11.7. The summed E-state index contributed by atoms with van der Waals surface area (Å²) >= 11 is 0. The van der Waals surface area contributed by atoms with Crippen molar-refractivity contribution in [3.05, 3.63) is 12.2 Å². The number of hydrogen-bond acceptors (Lipinski definition) is 5. The van der Waals surface area contributed by atoms with E-state index >= 15 is 0 Å². The summed E-state index contributed by atoms with van der Waals surface area (Å²) in [5, 5.41) is 3.08. The van der Waals surface area contributed by atoms with Crippen molar-refractivity contribution in [3.63, 3.8) is 0 Å². The van der Waals surface area contributed by atoms with Gasteiger partial charge in [-0.2, -0.15) is 0 Å². The second-order valence-electron chi connectivity index (χ2n) is 15.8. The van der Waals surface area contributed by atoms with E-state index in [0.29, 0.717) is 36.2 Å². The van der Waals surface area contributed by atoms with Crippen molar-refractivity contribution < 1.29 is 23.9 Å². The fourth-order valence-electron chi connectivity index (χ4n) is 12.4. The molecule has 0 spiro atoms. The molecule has 11 atom stereocenters. The van der Waals surface area contributed by atoms with Gasteiger partial charge in [-0.05, 0) is 117 Å². The Labute approximate surface area is 248 Å². The quantitative estimate of drug-likeness (QED) is 0.289. The Bertz CT molecular complexity index is 1120. The van der Waals surface area contributed by atoms with Crippen LogP contribution in [0.5, 0.6) is 0 Å². The summed E-state index contributed by atoms with van der Waals surface area (Å²) in [5.74, 6) is 1.82. The Balaban J connectivity index is 1.53. The molecule has 5 aliphatic rings. The van der Waals surface area contributed by atoms with Crippen molar-refractivity contribution in [1.82, 2.24) is 5.32 Å². The number of allylic oxidation sites excluding steroid dienone is 1. The van der Waals surface area contributed by atoms with Gasteiger partial charge in [-0.1, -0.05) is 39.8 Å². The summed E-state index contributed by atoms with van der Waals surface area (Å²) in [6.07, 6.45) is 10.2. The molecule has 6 heteroatoms. The van der Waals surface area contributed by atoms with E-state index in [0.717, 1.165) is 64.2 Å². The van der Waals surface area contributed by atoms with Crippen molar-refractivity contribution in [3.8, 4) is 0 Å². The minimum Gasteiger partial charge on any atom is -0.465 e. The van der Waals surface area contributed by atoms with Gasteiger partial charge < -0.3 is 14.8 Å². The van der Waals surface area contributed by atoms with Gasteiger partial charge in [-0.3, -0.25) is 14.4 Å². The van der Waals surface area contributed by atoms with Gasteiger partial charge in [0.15, 0.2) is 0 Å². The number of amides is 1. The Hall–Kier alpha value is -1.85. The minimum atomic E-state index is -0.416. The Morgan fingerprint density at radius 2 is 1.51 bits per heavy atom. The van der Waals surface area contributed by atoms with E-state index in [4.69, 9.17) is 9.47 Å². The van der Waals surface area contributed by atoms with Crippen LogP contribution in [0, 0.1) is 56.7 Å². The lowest BCUT2D eigenvalue weighted by molar-refractivity contribution is -0.256. The second-order valence-corrected chi connectivity index (χ2v) is 15.8. The van der Waals surface area contributed by atoms with Crippen LogP contribution in [0.15, 0.2) is 12.2 Å². The maximum Gasteiger partial charge on any atom is 0.302 e. The van der Waals surface area contributed by atoms with E-state index in [9.17, 15) is 14.4 Å². The van der Waals surface area contributed by atoms with E-state index < -0.39 is 5.41 Å². The lowest BCUT2D eigenvalue weighted by Crippen LogP contribution is -2.68. The number of esters is 2. The first-order chi connectivity index (χ1) is 19.1. The van der Waals surface area contributed by atoms with Gasteiger partial charge in [0.1, 0.15) is 12.7 Å². The number of carbonyl (C=O) groups excluding carboxylic acids is 3. The highest BCUT2D eigenvalue weighted by molar-refractivity contribution is 5.83. The van der Waals surface area contributed by atoms with E-state index in [2.05, 4.69) is 46.5 Å². The zero-order valence-electron chi connectivity index (χ0n) is 27.0. The number of rotatable bonds is 5. The molecule has 0 aliphatic heterocycles. The van der Waals surface area contributed by atoms with Gasteiger partial charge in [-0.25, -0.2) is 0 Å². The Morgan fingerprint density at radius 3 is 2.12 bits per heavy atom. The molecule has 0 saturated heterocycles. The molecule has 0 aromatic rings. The third-order valence-electron chi connectivity index (χ3n) is 14.4. The molecule has 1 unspecified atom stereocenters. The monoisotopic (exact) mass is 569 g/mol. The largest absolute Gasteiger partial charge is 0.465 e. The van der Waals surface area contributed by atoms with Gasteiger partial charge in [-0.15, -0.1) is 0 Å². The van der Waals surface area contributed by atoms with Gasteiger partial charge in [0.05, 0.1) is 5.41 Å². The summed E-state index contributed by atoms with van der Waals surface area (Å²) in [7, 11) is 1.81. The molecule has 5 fully saturated rings. The lowest BCUT2D eigenvalue weighted by Gasteiger charge is -2.73. The smallest absolute Gasteiger partial charge is 0.302 e. The van der Waals surface area contributed by atoms with E-state index in [1.54, 1.807) is 0 Å². The number of fused-ring (bicyclic) bond motifs is 7. The van der Waals surface area contributed by atoms with Gasteiger partial charge in [0, 0.05) is 26.3 Å². The first-order valence-corrected chi connectivity index (χ1v) is 16.3. The van der Waals surface area contributed by atoms with Crippen LogP contribution in [0.3, 0.4) is 0 Å². The fourth-order valence-corrected chi connectivity index (χ4v) is 12.4. The molecule has 0 aromatic heterocycles. The second kappa shape index (κ2) is 10.1. The third-order valence-corrected chi connectivity index (χ3v) is 14.4. The molecule has 5 aliphatic carbocycles. The summed E-state index contributed by atoms with van der Waals surface area (Å²) in [6, 6.07) is 0. The molecule has 41 heavy (non-hydrogen) atoms.